The van der Waals surface area contributed by atoms with Gasteiger partial charge < -0.3 is 27.2 Å². The van der Waals surface area contributed by atoms with Gasteiger partial charge in [0.15, 0.2) is 0 Å². The first-order chi connectivity index (χ1) is 16.9. The molecule has 7 heteroatoms. The number of aryl methyl sites for hydroxylation is 2. The van der Waals surface area contributed by atoms with E-state index < -0.39 is 6.10 Å². The standard InChI is InChI=1S/C29H32N2O4.ClH/c1-19-6-3-7-20(2)27(19)35-18-23(32)17-30-14-12-21(13-15-30)16-31-28(33)24-10-4-8-22-9-5-11-25(26(22)24)29(31)34;/h3-11,21,23,32H,12-18H2,1-2H3;1H/p-1. The summed E-state index contributed by atoms with van der Waals surface area (Å²) in [4.78, 5) is 30.0. The second kappa shape index (κ2) is 11.0. The molecule has 1 N–H and O–H groups in total. The number of aliphatic hydroxyl groups is 1. The van der Waals surface area contributed by atoms with Crippen molar-refractivity contribution in [1.29, 1.82) is 0 Å². The monoisotopic (exact) mass is 507 g/mol. The van der Waals surface area contributed by atoms with Crippen molar-refractivity contribution < 1.29 is 31.8 Å². The van der Waals surface area contributed by atoms with Crippen molar-refractivity contribution in [2.24, 2.45) is 5.92 Å². The van der Waals surface area contributed by atoms with Crippen molar-refractivity contribution in [3.63, 3.8) is 0 Å². The molecule has 3 aromatic rings. The van der Waals surface area contributed by atoms with Gasteiger partial charge in [0.2, 0.25) is 0 Å². The normalized spacial score (nSPS) is 17.2. The highest BCUT2D eigenvalue weighted by atomic mass is 35.5. The smallest absolute Gasteiger partial charge is 0.261 e. The number of amides is 2. The highest BCUT2D eigenvalue weighted by molar-refractivity contribution is 6.25. The number of rotatable bonds is 7. The summed E-state index contributed by atoms with van der Waals surface area (Å²) in [6.45, 7) is 6.92. The predicted molar refractivity (Wildman–Crippen MR) is 136 cm³/mol. The zero-order valence-corrected chi connectivity index (χ0v) is 21.5. The van der Waals surface area contributed by atoms with Crippen molar-refractivity contribution in [2.45, 2.75) is 32.8 Å². The number of hydrogen-bond donors (Lipinski definition) is 1. The summed E-state index contributed by atoms with van der Waals surface area (Å²) in [7, 11) is 0. The van der Waals surface area contributed by atoms with E-state index in [2.05, 4.69) is 4.90 Å². The van der Waals surface area contributed by atoms with Crippen LogP contribution >= 0.6 is 0 Å². The number of likely N-dealkylation sites (tertiary alicyclic amines) is 1. The Balaban J connectivity index is 0.00000304. The molecule has 0 aromatic heterocycles. The molecule has 1 unspecified atom stereocenters. The molecule has 36 heavy (non-hydrogen) atoms. The van der Waals surface area contributed by atoms with Crippen LogP contribution in [0.3, 0.4) is 0 Å². The lowest BCUT2D eigenvalue weighted by Crippen LogP contribution is -3.00. The number of para-hydroxylation sites is 1. The summed E-state index contributed by atoms with van der Waals surface area (Å²) in [5.41, 5.74) is 3.36. The van der Waals surface area contributed by atoms with Gasteiger partial charge in [-0.1, -0.05) is 42.5 Å². The summed E-state index contributed by atoms with van der Waals surface area (Å²) < 4.78 is 5.91. The fraction of sp³-hybridized carbons (Fsp3) is 0.379. The average molecular weight is 508 g/mol. The molecule has 2 aliphatic rings. The van der Waals surface area contributed by atoms with E-state index in [0.29, 0.717) is 24.2 Å². The molecule has 0 radical (unpaired) electrons. The van der Waals surface area contributed by atoms with Crippen LogP contribution in [-0.2, 0) is 0 Å². The number of β-amino-alcohol motifs (C(OH)–C–C–N with tert-alkyl or cyclic N) is 1. The Bertz CT molecular complexity index is 1200. The minimum Gasteiger partial charge on any atom is -1.00 e. The minimum absolute atomic E-state index is 0. The molecule has 2 heterocycles. The van der Waals surface area contributed by atoms with Crippen LogP contribution in [0.4, 0.5) is 0 Å². The second-order valence-electron chi connectivity index (χ2n) is 9.86. The van der Waals surface area contributed by atoms with Crippen molar-refractivity contribution in [3.05, 3.63) is 76.9 Å². The van der Waals surface area contributed by atoms with E-state index in [1.54, 1.807) is 0 Å². The number of ether oxygens (including phenoxy) is 1. The highest BCUT2D eigenvalue weighted by Gasteiger charge is 2.34. The molecular formula is C29H32ClN2O4-. The number of benzene rings is 3. The number of imide groups is 1. The predicted octanol–water partition coefficient (Wildman–Crippen LogP) is 1.21. The number of carbonyl (C=O) groups excluding carboxylic acids is 2. The molecule has 190 valence electrons. The summed E-state index contributed by atoms with van der Waals surface area (Å²) in [6.07, 6.45) is 1.19. The molecule has 0 aliphatic carbocycles. The van der Waals surface area contributed by atoms with E-state index in [9.17, 15) is 14.7 Å². The van der Waals surface area contributed by atoms with Crippen LogP contribution in [0.1, 0.15) is 44.7 Å². The highest BCUT2D eigenvalue weighted by Crippen LogP contribution is 2.31. The molecule has 0 bridgehead atoms. The maximum Gasteiger partial charge on any atom is 0.261 e. The third-order valence-electron chi connectivity index (χ3n) is 7.30. The lowest BCUT2D eigenvalue weighted by atomic mass is 9.91. The molecule has 0 spiro atoms. The van der Waals surface area contributed by atoms with Gasteiger partial charge in [-0.05, 0) is 74.3 Å². The Hall–Kier alpha value is -2.93. The lowest BCUT2D eigenvalue weighted by molar-refractivity contribution is -0.0000368. The number of nitrogens with zero attached hydrogens (tertiary/aromatic N) is 2. The maximum absolute atomic E-state index is 13.2. The maximum atomic E-state index is 13.2. The molecule has 0 saturated carbocycles. The quantitative estimate of drug-likeness (QED) is 0.487. The van der Waals surface area contributed by atoms with Crippen LogP contribution in [0.2, 0.25) is 0 Å². The first-order valence-corrected chi connectivity index (χ1v) is 12.4. The summed E-state index contributed by atoms with van der Waals surface area (Å²) in [5, 5.41) is 12.2. The Labute approximate surface area is 218 Å². The number of aliphatic hydroxyl groups excluding tert-OH is 1. The molecule has 1 saturated heterocycles. The number of hydrogen-bond acceptors (Lipinski definition) is 5. The number of carbonyl (C=O) groups is 2. The molecule has 6 nitrogen and oxygen atoms in total. The zero-order chi connectivity index (χ0) is 24.5. The molecule has 2 amide bonds. The topological polar surface area (TPSA) is 70.1 Å². The van der Waals surface area contributed by atoms with Crippen molar-refractivity contribution in [1.82, 2.24) is 9.80 Å². The minimum atomic E-state index is -0.576. The molecule has 5 rings (SSSR count). The van der Waals surface area contributed by atoms with Gasteiger partial charge in [-0.2, -0.15) is 0 Å². The Morgan fingerprint density at radius 1 is 0.917 bits per heavy atom. The van der Waals surface area contributed by atoms with Crippen molar-refractivity contribution >= 4 is 22.6 Å². The Morgan fingerprint density at radius 3 is 2.06 bits per heavy atom. The fourth-order valence-electron chi connectivity index (χ4n) is 5.41. The third kappa shape index (κ3) is 5.12. The van der Waals surface area contributed by atoms with Crippen LogP contribution in [-0.4, -0.2) is 65.6 Å². The fourth-order valence-corrected chi connectivity index (χ4v) is 5.41. The molecule has 1 fully saturated rings. The molecule has 2 aliphatic heterocycles. The Kier molecular flexibility index (Phi) is 7.98. The Morgan fingerprint density at radius 2 is 1.47 bits per heavy atom. The van der Waals surface area contributed by atoms with E-state index in [1.165, 1.54) is 4.90 Å². The van der Waals surface area contributed by atoms with Crippen LogP contribution in [0.5, 0.6) is 5.75 Å². The largest absolute Gasteiger partial charge is 1.00 e. The lowest BCUT2D eigenvalue weighted by Gasteiger charge is -2.36. The van der Waals surface area contributed by atoms with E-state index in [0.717, 1.165) is 53.6 Å². The van der Waals surface area contributed by atoms with Gasteiger partial charge >= 0.3 is 0 Å². The van der Waals surface area contributed by atoms with Crippen LogP contribution in [0, 0.1) is 19.8 Å². The van der Waals surface area contributed by atoms with E-state index in [-0.39, 0.29) is 36.7 Å². The van der Waals surface area contributed by atoms with Gasteiger partial charge in [-0.15, -0.1) is 0 Å². The van der Waals surface area contributed by atoms with Crippen molar-refractivity contribution in [3.8, 4) is 5.75 Å². The first kappa shape index (κ1) is 26.1. The van der Waals surface area contributed by atoms with Gasteiger partial charge in [-0.25, -0.2) is 0 Å². The molecule has 1 atom stereocenters. The van der Waals surface area contributed by atoms with E-state index >= 15 is 0 Å². The summed E-state index contributed by atoms with van der Waals surface area (Å²) in [5.74, 6) is 0.714. The van der Waals surface area contributed by atoms with E-state index in [1.807, 2.05) is 68.4 Å². The average Bonchev–Trinajstić information content (AvgIpc) is 2.86. The number of piperidine rings is 1. The van der Waals surface area contributed by atoms with E-state index in [4.69, 9.17) is 4.74 Å². The van der Waals surface area contributed by atoms with Gasteiger partial charge in [0, 0.05) is 29.6 Å². The number of halogens is 1. The van der Waals surface area contributed by atoms with Crippen LogP contribution in [0.15, 0.2) is 54.6 Å². The SMILES string of the molecule is Cc1cccc(C)c1OCC(O)CN1CCC(CN2C(=O)c3cccc4cccc(c34)C2=O)CC1.[Cl-]. The second-order valence-corrected chi connectivity index (χ2v) is 9.86. The molecule has 3 aromatic carbocycles. The van der Waals surface area contributed by atoms with Gasteiger partial charge in [0.25, 0.3) is 11.8 Å². The summed E-state index contributed by atoms with van der Waals surface area (Å²) in [6, 6.07) is 17.3. The van der Waals surface area contributed by atoms with Gasteiger partial charge in [0.05, 0.1) is 0 Å². The summed E-state index contributed by atoms with van der Waals surface area (Å²) >= 11 is 0. The van der Waals surface area contributed by atoms with Gasteiger partial charge in [-0.3, -0.25) is 14.5 Å². The first-order valence-electron chi connectivity index (χ1n) is 12.4. The third-order valence-corrected chi connectivity index (χ3v) is 7.30. The van der Waals surface area contributed by atoms with Gasteiger partial charge in [0.1, 0.15) is 18.5 Å². The van der Waals surface area contributed by atoms with Crippen LogP contribution < -0.4 is 17.1 Å². The molecular weight excluding hydrogens is 476 g/mol. The van der Waals surface area contributed by atoms with Crippen molar-refractivity contribution in [2.75, 3.05) is 32.8 Å². The zero-order valence-electron chi connectivity index (χ0n) is 20.7. The van der Waals surface area contributed by atoms with Crippen LogP contribution in [0.25, 0.3) is 10.8 Å².